The molecule has 1 aliphatic carbocycles. The lowest BCUT2D eigenvalue weighted by Gasteiger charge is -2.18. The van der Waals surface area contributed by atoms with Crippen molar-refractivity contribution >= 4 is 5.78 Å². The fourth-order valence-corrected chi connectivity index (χ4v) is 2.99. The molecule has 1 aliphatic rings. The minimum atomic E-state index is -0.700. The number of carbonyl (C=O) groups excluding carboxylic acids is 1. The maximum Gasteiger partial charge on any atom is 0.157 e. The van der Waals surface area contributed by atoms with Gasteiger partial charge < -0.3 is 4.74 Å². The molecule has 1 aromatic carbocycles. The summed E-state index contributed by atoms with van der Waals surface area (Å²) in [5.74, 6) is 0.0289. The first-order valence-electron chi connectivity index (χ1n) is 7.34. The summed E-state index contributed by atoms with van der Waals surface area (Å²) in [5.41, 5.74) is 0.701. The zero-order valence-corrected chi connectivity index (χ0v) is 12.0. The summed E-state index contributed by atoms with van der Waals surface area (Å²) in [5, 5.41) is 9.44. The van der Waals surface area contributed by atoms with Gasteiger partial charge in [0.15, 0.2) is 5.78 Å². The molecule has 3 heteroatoms. The second-order valence-corrected chi connectivity index (χ2v) is 5.39. The van der Waals surface area contributed by atoms with E-state index in [1.807, 2.05) is 18.2 Å². The van der Waals surface area contributed by atoms with Gasteiger partial charge in [-0.3, -0.25) is 4.79 Å². The van der Waals surface area contributed by atoms with Crippen LogP contribution in [0.4, 0.5) is 0 Å². The smallest absolute Gasteiger partial charge is 0.157 e. The van der Waals surface area contributed by atoms with Gasteiger partial charge in [-0.1, -0.05) is 43.9 Å². The average Bonchev–Trinajstić information content (AvgIpc) is 2.77. The maximum atomic E-state index is 12.7. The lowest BCUT2D eigenvalue weighted by Crippen LogP contribution is -2.21. The van der Waals surface area contributed by atoms with E-state index in [-0.39, 0.29) is 11.7 Å². The molecule has 20 heavy (non-hydrogen) atoms. The molecule has 3 nitrogen and oxygen atoms in total. The standard InChI is InChI=1S/C17H21NO2/c1-20-16-11-7-6-10-14(16)15(12-18)17(19)13-8-4-2-3-5-9-13/h6-7,10-11,13,15H,2-5,8-9H2,1H3. The van der Waals surface area contributed by atoms with Crippen molar-refractivity contribution in [2.45, 2.75) is 44.4 Å². The van der Waals surface area contributed by atoms with E-state index in [1.54, 1.807) is 13.2 Å². The van der Waals surface area contributed by atoms with Gasteiger partial charge in [0.25, 0.3) is 0 Å². The largest absolute Gasteiger partial charge is 0.496 e. The van der Waals surface area contributed by atoms with Crippen molar-refractivity contribution in [3.05, 3.63) is 29.8 Å². The molecule has 1 unspecified atom stereocenters. The van der Waals surface area contributed by atoms with Crippen molar-refractivity contribution in [2.24, 2.45) is 5.92 Å². The monoisotopic (exact) mass is 271 g/mol. The molecular weight excluding hydrogens is 250 g/mol. The van der Waals surface area contributed by atoms with Gasteiger partial charge in [-0.2, -0.15) is 5.26 Å². The molecule has 0 aromatic heterocycles. The minimum Gasteiger partial charge on any atom is -0.496 e. The molecule has 0 spiro atoms. The number of methoxy groups -OCH3 is 1. The number of benzene rings is 1. The number of carbonyl (C=O) groups is 1. The van der Waals surface area contributed by atoms with Crippen LogP contribution < -0.4 is 4.74 Å². The number of para-hydroxylation sites is 1. The van der Waals surface area contributed by atoms with Crippen LogP contribution in [0.1, 0.15) is 50.0 Å². The molecule has 0 heterocycles. The molecular formula is C17H21NO2. The second kappa shape index (κ2) is 7.09. The molecule has 0 radical (unpaired) electrons. The molecule has 0 N–H and O–H groups in total. The van der Waals surface area contributed by atoms with E-state index in [9.17, 15) is 10.1 Å². The Morgan fingerprint density at radius 2 is 1.90 bits per heavy atom. The fraction of sp³-hybridized carbons (Fsp3) is 0.529. The first-order valence-corrected chi connectivity index (χ1v) is 7.34. The molecule has 1 fully saturated rings. The number of ether oxygens (including phenoxy) is 1. The van der Waals surface area contributed by atoms with Crippen LogP contribution in [0.15, 0.2) is 24.3 Å². The van der Waals surface area contributed by atoms with E-state index in [2.05, 4.69) is 6.07 Å². The third-order valence-electron chi connectivity index (χ3n) is 4.12. The number of hydrogen-bond donors (Lipinski definition) is 0. The number of ketones is 1. The minimum absolute atomic E-state index is 0.0343. The van der Waals surface area contributed by atoms with Crippen LogP contribution in [-0.2, 0) is 4.79 Å². The molecule has 1 aromatic rings. The Kier molecular flexibility index (Phi) is 5.17. The van der Waals surface area contributed by atoms with Crippen molar-refractivity contribution < 1.29 is 9.53 Å². The van der Waals surface area contributed by atoms with Crippen molar-refractivity contribution in [1.29, 1.82) is 5.26 Å². The maximum absolute atomic E-state index is 12.7. The van der Waals surface area contributed by atoms with Gasteiger partial charge in [-0.05, 0) is 18.9 Å². The Hall–Kier alpha value is -1.82. The predicted octanol–water partition coefficient (Wildman–Crippen LogP) is 3.84. The van der Waals surface area contributed by atoms with Crippen LogP contribution in [0.25, 0.3) is 0 Å². The van der Waals surface area contributed by atoms with Gasteiger partial charge in [0, 0.05) is 11.5 Å². The van der Waals surface area contributed by atoms with Crippen molar-refractivity contribution in [3.8, 4) is 11.8 Å². The highest BCUT2D eigenvalue weighted by atomic mass is 16.5. The third-order valence-corrected chi connectivity index (χ3v) is 4.12. The van der Waals surface area contributed by atoms with Crippen molar-refractivity contribution in [1.82, 2.24) is 0 Å². The molecule has 1 atom stereocenters. The Morgan fingerprint density at radius 3 is 2.50 bits per heavy atom. The normalized spacial score (nSPS) is 17.8. The van der Waals surface area contributed by atoms with Crippen LogP contribution in [-0.4, -0.2) is 12.9 Å². The molecule has 0 bridgehead atoms. The summed E-state index contributed by atoms with van der Waals surface area (Å²) in [6, 6.07) is 9.51. The van der Waals surface area contributed by atoms with Crippen LogP contribution in [0.3, 0.4) is 0 Å². The van der Waals surface area contributed by atoms with Crippen LogP contribution in [0, 0.1) is 17.2 Å². The number of nitrogens with zero attached hydrogens (tertiary/aromatic N) is 1. The highest BCUT2D eigenvalue weighted by Crippen LogP contribution is 2.33. The summed E-state index contributed by atoms with van der Waals surface area (Å²) in [4.78, 5) is 12.7. The quantitative estimate of drug-likeness (QED) is 0.782. The van der Waals surface area contributed by atoms with E-state index >= 15 is 0 Å². The SMILES string of the molecule is COc1ccccc1C(C#N)C(=O)C1CCCCCC1. The molecule has 0 aliphatic heterocycles. The van der Waals surface area contributed by atoms with Crippen molar-refractivity contribution in [2.75, 3.05) is 7.11 Å². The van der Waals surface area contributed by atoms with Gasteiger partial charge in [0.05, 0.1) is 13.2 Å². The van der Waals surface area contributed by atoms with E-state index in [4.69, 9.17) is 4.74 Å². The van der Waals surface area contributed by atoms with E-state index in [1.165, 1.54) is 12.8 Å². The van der Waals surface area contributed by atoms with E-state index in [0.717, 1.165) is 25.7 Å². The topological polar surface area (TPSA) is 50.1 Å². The first kappa shape index (κ1) is 14.6. The Bertz CT molecular complexity index is 496. The van der Waals surface area contributed by atoms with Crippen LogP contribution in [0.5, 0.6) is 5.75 Å². The lowest BCUT2D eigenvalue weighted by atomic mass is 9.84. The zero-order chi connectivity index (χ0) is 14.4. The molecule has 106 valence electrons. The molecule has 2 rings (SSSR count). The van der Waals surface area contributed by atoms with Gasteiger partial charge in [-0.25, -0.2) is 0 Å². The Labute approximate surface area is 120 Å². The first-order chi connectivity index (χ1) is 9.77. The van der Waals surface area contributed by atoms with Gasteiger partial charge in [-0.15, -0.1) is 0 Å². The number of rotatable bonds is 4. The number of Topliss-reactive ketones (excluding diaryl/α,β-unsaturated/α-hetero) is 1. The van der Waals surface area contributed by atoms with Crippen LogP contribution >= 0.6 is 0 Å². The highest BCUT2D eigenvalue weighted by molar-refractivity contribution is 5.91. The number of hydrogen-bond acceptors (Lipinski definition) is 3. The average molecular weight is 271 g/mol. The molecule has 1 saturated carbocycles. The number of nitriles is 1. The van der Waals surface area contributed by atoms with Gasteiger partial charge in [0.2, 0.25) is 0 Å². The molecule has 0 saturated heterocycles. The summed E-state index contributed by atoms with van der Waals surface area (Å²) >= 11 is 0. The Morgan fingerprint density at radius 1 is 1.25 bits per heavy atom. The second-order valence-electron chi connectivity index (χ2n) is 5.39. The van der Waals surface area contributed by atoms with Crippen LogP contribution in [0.2, 0.25) is 0 Å². The fourth-order valence-electron chi connectivity index (χ4n) is 2.99. The summed E-state index contributed by atoms with van der Waals surface area (Å²) in [6.45, 7) is 0. The van der Waals surface area contributed by atoms with E-state index < -0.39 is 5.92 Å². The zero-order valence-electron chi connectivity index (χ0n) is 12.0. The summed E-state index contributed by atoms with van der Waals surface area (Å²) < 4.78 is 5.29. The molecule has 0 amide bonds. The predicted molar refractivity (Wildman–Crippen MR) is 77.5 cm³/mol. The van der Waals surface area contributed by atoms with Gasteiger partial charge in [0.1, 0.15) is 11.7 Å². The summed E-state index contributed by atoms with van der Waals surface area (Å²) in [6.07, 6.45) is 6.45. The van der Waals surface area contributed by atoms with Crippen molar-refractivity contribution in [3.63, 3.8) is 0 Å². The summed E-state index contributed by atoms with van der Waals surface area (Å²) in [7, 11) is 1.57. The highest BCUT2D eigenvalue weighted by Gasteiger charge is 2.30. The third kappa shape index (κ3) is 3.19. The Balaban J connectivity index is 2.23. The lowest BCUT2D eigenvalue weighted by molar-refractivity contribution is -0.123. The van der Waals surface area contributed by atoms with Gasteiger partial charge >= 0.3 is 0 Å². The van der Waals surface area contributed by atoms with E-state index in [0.29, 0.717) is 11.3 Å².